The Morgan fingerprint density at radius 3 is 0.792 bits per heavy atom. The summed E-state index contributed by atoms with van der Waals surface area (Å²) in [5, 5.41) is 0. The van der Waals surface area contributed by atoms with Gasteiger partial charge >= 0.3 is 0 Å². The first-order chi connectivity index (χ1) is 11.6. The first-order valence-corrected chi connectivity index (χ1v) is 10.5. The quantitative estimate of drug-likeness (QED) is 0.351. The van der Waals surface area contributed by atoms with Gasteiger partial charge in [0.15, 0.2) is 0 Å². The van der Waals surface area contributed by atoms with Gasteiger partial charge < -0.3 is 0 Å². The molecule has 0 aliphatic rings. The zero-order chi connectivity index (χ0) is 21.4. The summed E-state index contributed by atoms with van der Waals surface area (Å²) in [6, 6.07) is 0. The van der Waals surface area contributed by atoms with Crippen molar-refractivity contribution in [2.24, 2.45) is 0 Å². The van der Waals surface area contributed by atoms with Gasteiger partial charge in [-0.05, 0) is 26.7 Å². The van der Waals surface area contributed by atoms with Gasteiger partial charge in [0, 0.05) is 0 Å². The molecule has 0 saturated heterocycles. The zero-order valence-corrected chi connectivity index (χ0v) is 20.4. The maximum absolute atomic E-state index is 3.00. The van der Waals surface area contributed by atoms with Crippen LogP contribution >= 0.6 is 0 Å². The predicted octanol–water partition coefficient (Wildman–Crippen LogP) is 10.4. The molecular formula is C24H56. The molecule has 0 aromatic heterocycles. The highest BCUT2D eigenvalue weighted by molar-refractivity contribution is 5.26. The summed E-state index contributed by atoms with van der Waals surface area (Å²) >= 11 is 0. The SMILES string of the molecule is C=C.CC.CC.CC.CC.CCC=C(C)/C(C)=C/CC.CCCC. The fraction of sp³-hybridized carbons (Fsp3) is 0.750. The number of hydrogen-bond acceptors (Lipinski definition) is 0. The van der Waals surface area contributed by atoms with Crippen molar-refractivity contribution in [3.8, 4) is 0 Å². The highest BCUT2D eigenvalue weighted by Gasteiger charge is 1.88. The van der Waals surface area contributed by atoms with E-state index in [0.29, 0.717) is 0 Å². The van der Waals surface area contributed by atoms with Gasteiger partial charge in [-0.25, -0.2) is 0 Å². The number of allylic oxidation sites excluding steroid dienone is 4. The largest absolute Gasteiger partial charge is 0.106 e. The summed E-state index contributed by atoms with van der Waals surface area (Å²) < 4.78 is 0. The molecule has 0 unspecified atom stereocenters. The summed E-state index contributed by atoms with van der Waals surface area (Å²) in [6.07, 6.45) is 9.45. The van der Waals surface area contributed by atoms with E-state index in [1.54, 1.807) is 0 Å². The lowest BCUT2D eigenvalue weighted by Gasteiger charge is -1.98. The molecule has 0 rings (SSSR count). The predicted molar refractivity (Wildman–Crippen MR) is 125 cm³/mol. The van der Waals surface area contributed by atoms with Crippen LogP contribution in [-0.4, -0.2) is 0 Å². The molecule has 0 atom stereocenters. The molecule has 0 saturated carbocycles. The average molecular weight is 345 g/mol. The summed E-state index contributed by atoms with van der Waals surface area (Å²) in [4.78, 5) is 0. The minimum absolute atomic E-state index is 1.14. The van der Waals surface area contributed by atoms with Crippen LogP contribution in [0.4, 0.5) is 0 Å². The molecule has 0 nitrogen and oxygen atoms in total. The lowest BCUT2D eigenvalue weighted by molar-refractivity contribution is 0.886. The number of hydrogen-bond donors (Lipinski definition) is 0. The Morgan fingerprint density at radius 2 is 0.708 bits per heavy atom. The summed E-state index contributed by atoms with van der Waals surface area (Å²) in [5.74, 6) is 0. The van der Waals surface area contributed by atoms with Crippen molar-refractivity contribution in [2.45, 2.75) is 123 Å². The smallest absolute Gasteiger partial charge is 0.0374 e. The van der Waals surface area contributed by atoms with Crippen LogP contribution in [0, 0.1) is 0 Å². The summed E-state index contributed by atoms with van der Waals surface area (Å²) in [5.41, 5.74) is 2.84. The topological polar surface area (TPSA) is 0 Å². The van der Waals surface area contributed by atoms with Crippen molar-refractivity contribution in [2.75, 3.05) is 0 Å². The van der Waals surface area contributed by atoms with Crippen LogP contribution in [0.25, 0.3) is 0 Å². The molecule has 0 radical (unpaired) electrons. The second-order valence-corrected chi connectivity index (χ2v) is 3.59. The molecule has 0 heterocycles. The Bertz CT molecular complexity index is 152. The molecule has 0 amide bonds. The third kappa shape index (κ3) is 83.1. The van der Waals surface area contributed by atoms with E-state index in [0.717, 1.165) is 12.8 Å². The van der Waals surface area contributed by atoms with Gasteiger partial charge in [0.2, 0.25) is 0 Å². The third-order valence-corrected chi connectivity index (χ3v) is 2.14. The summed E-state index contributed by atoms with van der Waals surface area (Å²) in [7, 11) is 0. The minimum Gasteiger partial charge on any atom is -0.106 e. The minimum atomic E-state index is 1.14. The molecule has 0 bridgehead atoms. The first-order valence-electron chi connectivity index (χ1n) is 10.5. The van der Waals surface area contributed by atoms with Crippen molar-refractivity contribution in [3.63, 3.8) is 0 Å². The third-order valence-electron chi connectivity index (χ3n) is 2.14. The second-order valence-electron chi connectivity index (χ2n) is 3.59. The highest BCUT2D eigenvalue weighted by atomic mass is 13.9. The molecule has 0 heteroatoms. The molecule has 0 aliphatic carbocycles. The van der Waals surface area contributed by atoms with Crippen LogP contribution in [0.2, 0.25) is 0 Å². The normalized spacial score (nSPS) is 8.25. The van der Waals surface area contributed by atoms with Crippen molar-refractivity contribution >= 4 is 0 Å². The number of unbranched alkanes of at least 4 members (excludes halogenated alkanes) is 1. The van der Waals surface area contributed by atoms with Gasteiger partial charge in [-0.1, -0.05) is 119 Å². The Morgan fingerprint density at radius 1 is 0.542 bits per heavy atom. The van der Waals surface area contributed by atoms with Crippen LogP contribution < -0.4 is 0 Å². The molecule has 0 fully saturated rings. The van der Waals surface area contributed by atoms with Crippen LogP contribution in [0.1, 0.15) is 123 Å². The first kappa shape index (κ1) is 43.6. The van der Waals surface area contributed by atoms with E-state index in [2.05, 4.69) is 66.9 Å². The van der Waals surface area contributed by atoms with E-state index < -0.39 is 0 Å². The van der Waals surface area contributed by atoms with Crippen molar-refractivity contribution in [1.82, 2.24) is 0 Å². The molecule has 0 spiro atoms. The van der Waals surface area contributed by atoms with Crippen molar-refractivity contribution in [1.29, 1.82) is 0 Å². The van der Waals surface area contributed by atoms with Gasteiger partial charge in [-0.3, -0.25) is 0 Å². The van der Waals surface area contributed by atoms with Crippen LogP contribution in [0.5, 0.6) is 0 Å². The summed E-state index contributed by atoms with van der Waals surface area (Å²) in [6.45, 7) is 35.0. The zero-order valence-electron chi connectivity index (χ0n) is 20.4. The van der Waals surface area contributed by atoms with Crippen molar-refractivity contribution < 1.29 is 0 Å². The standard InChI is InChI=1S/C10H18.C4H10.4C2H6.C2H4/c1-5-7-9(3)10(4)8-6-2;1-3-4-2;5*1-2/h7-8H,5-6H2,1-4H3;3-4H2,1-2H3;4*1-2H3;1-2H2/b9-7+,10-8?;;;;;;. The van der Waals surface area contributed by atoms with E-state index in [-0.39, 0.29) is 0 Å². The van der Waals surface area contributed by atoms with Crippen LogP contribution in [-0.2, 0) is 0 Å². The van der Waals surface area contributed by atoms with Crippen LogP contribution in [0.3, 0.4) is 0 Å². The van der Waals surface area contributed by atoms with Gasteiger partial charge in [-0.2, -0.15) is 0 Å². The van der Waals surface area contributed by atoms with Crippen LogP contribution in [0.15, 0.2) is 36.5 Å². The Kier molecular flexibility index (Phi) is 144. The molecule has 0 aliphatic heterocycles. The van der Waals surface area contributed by atoms with Gasteiger partial charge in [0.05, 0.1) is 0 Å². The van der Waals surface area contributed by atoms with Gasteiger partial charge in [-0.15, -0.1) is 13.2 Å². The van der Waals surface area contributed by atoms with Crippen molar-refractivity contribution in [3.05, 3.63) is 36.5 Å². The fourth-order valence-corrected chi connectivity index (χ4v) is 0.934. The molecule has 0 aromatic carbocycles. The highest BCUT2D eigenvalue weighted by Crippen LogP contribution is 2.09. The monoisotopic (exact) mass is 344 g/mol. The van der Waals surface area contributed by atoms with E-state index in [4.69, 9.17) is 0 Å². The lowest BCUT2D eigenvalue weighted by atomic mass is 10.1. The molecular weight excluding hydrogens is 288 g/mol. The fourth-order valence-electron chi connectivity index (χ4n) is 0.934. The van der Waals surface area contributed by atoms with Gasteiger partial charge in [0.1, 0.15) is 0 Å². The maximum Gasteiger partial charge on any atom is -0.0374 e. The molecule has 24 heavy (non-hydrogen) atoms. The Balaban J connectivity index is -0.0000000347. The van der Waals surface area contributed by atoms with E-state index in [1.807, 2.05) is 55.4 Å². The maximum atomic E-state index is 3.00. The van der Waals surface area contributed by atoms with E-state index in [9.17, 15) is 0 Å². The number of rotatable bonds is 4. The van der Waals surface area contributed by atoms with E-state index >= 15 is 0 Å². The lowest BCUT2D eigenvalue weighted by Crippen LogP contribution is -1.78. The Labute approximate surface area is 159 Å². The molecule has 0 N–H and O–H groups in total. The molecule has 0 aromatic rings. The van der Waals surface area contributed by atoms with E-state index in [1.165, 1.54) is 24.0 Å². The second kappa shape index (κ2) is 79.5. The molecule has 152 valence electrons. The van der Waals surface area contributed by atoms with Gasteiger partial charge in [0.25, 0.3) is 0 Å². The average Bonchev–Trinajstić information content (AvgIpc) is 2.70. The Hall–Kier alpha value is -0.780.